The summed E-state index contributed by atoms with van der Waals surface area (Å²) < 4.78 is 0. The third-order valence-corrected chi connectivity index (χ3v) is 5.58. The molecule has 5 nitrogen and oxygen atoms in total. The molecule has 1 aliphatic carbocycles. The summed E-state index contributed by atoms with van der Waals surface area (Å²) in [4.78, 5) is 29.1. The van der Waals surface area contributed by atoms with Crippen LogP contribution in [0.5, 0.6) is 0 Å². The van der Waals surface area contributed by atoms with Crippen molar-refractivity contribution < 1.29 is 9.59 Å². The van der Waals surface area contributed by atoms with Crippen LogP contribution >= 0.6 is 0 Å². The number of nitrogens with one attached hydrogen (secondary N) is 2. The first-order chi connectivity index (χ1) is 15.1. The molecule has 4 rings (SSSR count). The van der Waals surface area contributed by atoms with E-state index in [9.17, 15) is 9.59 Å². The molecule has 1 heterocycles. The van der Waals surface area contributed by atoms with Gasteiger partial charge in [0.1, 0.15) is 0 Å². The van der Waals surface area contributed by atoms with Crippen LogP contribution in [-0.2, 0) is 4.79 Å². The Morgan fingerprint density at radius 1 is 1.03 bits per heavy atom. The number of carbonyl (C=O) groups excluding carboxylic acids is 2. The molecular formula is C26H27N3O2. The highest BCUT2D eigenvalue weighted by Crippen LogP contribution is 2.26. The van der Waals surface area contributed by atoms with Gasteiger partial charge in [0.05, 0.1) is 16.8 Å². The summed E-state index contributed by atoms with van der Waals surface area (Å²) in [6, 6.07) is 17.0. The molecule has 1 aliphatic rings. The van der Waals surface area contributed by atoms with Gasteiger partial charge >= 0.3 is 0 Å². The fourth-order valence-corrected chi connectivity index (χ4v) is 4.00. The van der Waals surface area contributed by atoms with Crippen LogP contribution in [0.25, 0.3) is 22.2 Å². The van der Waals surface area contributed by atoms with Crippen LogP contribution in [-0.4, -0.2) is 23.3 Å². The lowest BCUT2D eigenvalue weighted by molar-refractivity contribution is -0.114. The van der Waals surface area contributed by atoms with Gasteiger partial charge in [-0.3, -0.25) is 9.59 Å². The van der Waals surface area contributed by atoms with Crippen molar-refractivity contribution >= 4 is 28.4 Å². The Morgan fingerprint density at radius 2 is 1.84 bits per heavy atom. The average Bonchev–Trinajstić information content (AvgIpc) is 2.79. The van der Waals surface area contributed by atoms with Crippen LogP contribution in [0.2, 0.25) is 0 Å². The molecule has 31 heavy (non-hydrogen) atoms. The summed E-state index contributed by atoms with van der Waals surface area (Å²) in [6.45, 7) is 2.12. The van der Waals surface area contributed by atoms with E-state index in [0.717, 1.165) is 47.1 Å². The summed E-state index contributed by atoms with van der Waals surface area (Å²) in [7, 11) is 0. The van der Waals surface area contributed by atoms with Crippen molar-refractivity contribution in [2.45, 2.75) is 39.0 Å². The maximum absolute atomic E-state index is 13.1. The highest BCUT2D eigenvalue weighted by molar-refractivity contribution is 6.07. The van der Waals surface area contributed by atoms with Crippen LogP contribution in [0.4, 0.5) is 5.69 Å². The second kappa shape index (κ2) is 9.56. The predicted molar refractivity (Wildman–Crippen MR) is 125 cm³/mol. The number of hydrogen-bond donors (Lipinski definition) is 2. The molecule has 5 heteroatoms. The molecule has 0 unspecified atom stereocenters. The summed E-state index contributed by atoms with van der Waals surface area (Å²) in [5, 5.41) is 6.70. The topological polar surface area (TPSA) is 71.1 Å². The van der Waals surface area contributed by atoms with E-state index >= 15 is 0 Å². The number of rotatable bonds is 6. The summed E-state index contributed by atoms with van der Waals surface area (Å²) in [6.07, 6.45) is 8.05. The minimum atomic E-state index is -0.112. The molecule has 0 aliphatic heterocycles. The molecule has 1 aromatic heterocycles. The SMILES string of the molecule is CC(=O)Nc1ccc(-c2cc(C(=O)NCCC3=CCCCC3)c3ccccc3n2)cc1. The number of amides is 2. The van der Waals surface area contributed by atoms with E-state index in [1.54, 1.807) is 0 Å². The number of nitrogens with zero attached hydrogens (tertiary/aromatic N) is 1. The van der Waals surface area contributed by atoms with Crippen molar-refractivity contribution in [1.82, 2.24) is 10.3 Å². The number of para-hydroxylation sites is 1. The number of pyridine rings is 1. The van der Waals surface area contributed by atoms with Crippen molar-refractivity contribution in [2.75, 3.05) is 11.9 Å². The summed E-state index contributed by atoms with van der Waals surface area (Å²) in [5.74, 6) is -0.189. The number of fused-ring (bicyclic) bond motifs is 1. The van der Waals surface area contributed by atoms with Gasteiger partial charge in [0, 0.05) is 30.1 Å². The average molecular weight is 414 g/mol. The second-order valence-electron chi connectivity index (χ2n) is 7.94. The molecule has 0 spiro atoms. The molecule has 3 aromatic rings. The molecule has 0 radical (unpaired) electrons. The van der Waals surface area contributed by atoms with E-state index in [1.165, 1.54) is 25.3 Å². The van der Waals surface area contributed by atoms with Crippen molar-refractivity contribution in [3.63, 3.8) is 0 Å². The highest BCUT2D eigenvalue weighted by Gasteiger charge is 2.14. The van der Waals surface area contributed by atoms with Crippen LogP contribution in [0, 0.1) is 0 Å². The lowest BCUT2D eigenvalue weighted by atomic mass is 9.97. The first-order valence-corrected chi connectivity index (χ1v) is 10.8. The largest absolute Gasteiger partial charge is 0.352 e. The fraction of sp³-hybridized carbons (Fsp3) is 0.269. The zero-order valence-corrected chi connectivity index (χ0v) is 17.8. The minimum Gasteiger partial charge on any atom is -0.352 e. The standard InChI is InChI=1S/C26H27N3O2/c1-18(30)28-21-13-11-20(12-14-21)25-17-23(22-9-5-6-10-24(22)29-25)26(31)27-16-15-19-7-3-2-4-8-19/h5-7,9-14,17H,2-4,8,15-16H2,1H3,(H,27,31)(H,28,30). The fourth-order valence-electron chi connectivity index (χ4n) is 4.00. The Balaban J connectivity index is 1.58. The zero-order valence-electron chi connectivity index (χ0n) is 17.8. The number of allylic oxidation sites excluding steroid dienone is 1. The van der Waals surface area contributed by atoms with Crippen LogP contribution in [0.3, 0.4) is 0 Å². The van der Waals surface area contributed by atoms with E-state index in [4.69, 9.17) is 4.98 Å². The van der Waals surface area contributed by atoms with Gasteiger partial charge in [0.25, 0.3) is 5.91 Å². The van der Waals surface area contributed by atoms with E-state index < -0.39 is 0 Å². The molecule has 0 bridgehead atoms. The number of anilines is 1. The molecule has 0 saturated heterocycles. The summed E-state index contributed by atoms with van der Waals surface area (Å²) >= 11 is 0. The van der Waals surface area contributed by atoms with Gasteiger partial charge in [0.15, 0.2) is 0 Å². The monoisotopic (exact) mass is 413 g/mol. The lowest BCUT2D eigenvalue weighted by Gasteiger charge is -2.14. The zero-order chi connectivity index (χ0) is 21.6. The van der Waals surface area contributed by atoms with E-state index in [1.807, 2.05) is 54.6 Å². The normalized spacial score (nSPS) is 13.5. The maximum Gasteiger partial charge on any atom is 0.252 e. The third-order valence-electron chi connectivity index (χ3n) is 5.58. The van der Waals surface area contributed by atoms with E-state index in [0.29, 0.717) is 12.1 Å². The van der Waals surface area contributed by atoms with E-state index in [2.05, 4.69) is 16.7 Å². The Bertz CT molecular complexity index is 1130. The molecule has 158 valence electrons. The van der Waals surface area contributed by atoms with Crippen LogP contribution in [0.15, 0.2) is 66.2 Å². The summed E-state index contributed by atoms with van der Waals surface area (Å²) in [5.41, 5.74) is 5.21. The quantitative estimate of drug-likeness (QED) is 0.526. The molecule has 0 fully saturated rings. The first-order valence-electron chi connectivity index (χ1n) is 10.8. The Labute approximate surface area is 182 Å². The van der Waals surface area contributed by atoms with Crippen LogP contribution < -0.4 is 10.6 Å². The van der Waals surface area contributed by atoms with E-state index in [-0.39, 0.29) is 11.8 Å². The van der Waals surface area contributed by atoms with Crippen molar-refractivity contribution in [3.05, 3.63) is 71.8 Å². The van der Waals surface area contributed by atoms with Gasteiger partial charge < -0.3 is 10.6 Å². The lowest BCUT2D eigenvalue weighted by Crippen LogP contribution is -2.25. The number of aromatic nitrogens is 1. The van der Waals surface area contributed by atoms with Gasteiger partial charge in [-0.05, 0) is 56.4 Å². The molecule has 2 N–H and O–H groups in total. The van der Waals surface area contributed by atoms with Gasteiger partial charge in [-0.15, -0.1) is 0 Å². The first kappa shape index (κ1) is 20.8. The molecule has 0 saturated carbocycles. The third kappa shape index (κ3) is 5.18. The molecule has 0 atom stereocenters. The number of hydrogen-bond acceptors (Lipinski definition) is 3. The Hall–Kier alpha value is -3.47. The second-order valence-corrected chi connectivity index (χ2v) is 7.94. The van der Waals surface area contributed by atoms with Gasteiger partial charge in [-0.2, -0.15) is 0 Å². The molecular weight excluding hydrogens is 386 g/mol. The van der Waals surface area contributed by atoms with Crippen molar-refractivity contribution in [1.29, 1.82) is 0 Å². The van der Waals surface area contributed by atoms with Crippen molar-refractivity contribution in [2.24, 2.45) is 0 Å². The Kier molecular flexibility index (Phi) is 6.41. The maximum atomic E-state index is 13.1. The van der Waals surface area contributed by atoms with Gasteiger partial charge in [-0.1, -0.05) is 42.0 Å². The number of carbonyl (C=O) groups is 2. The van der Waals surface area contributed by atoms with Gasteiger partial charge in [0.2, 0.25) is 5.91 Å². The number of benzene rings is 2. The van der Waals surface area contributed by atoms with Crippen molar-refractivity contribution in [3.8, 4) is 11.3 Å². The predicted octanol–water partition coefficient (Wildman–Crippen LogP) is 5.48. The van der Waals surface area contributed by atoms with Crippen LogP contribution in [0.1, 0.15) is 49.4 Å². The smallest absolute Gasteiger partial charge is 0.252 e. The minimum absolute atomic E-state index is 0.0777. The Morgan fingerprint density at radius 3 is 2.58 bits per heavy atom. The molecule has 2 amide bonds. The van der Waals surface area contributed by atoms with Gasteiger partial charge in [-0.25, -0.2) is 4.98 Å². The highest BCUT2D eigenvalue weighted by atomic mass is 16.2. The molecule has 2 aromatic carbocycles.